The molecule has 0 aliphatic rings. The average Bonchev–Trinajstić information content (AvgIpc) is 3.05. The standard InChI is InChI=1S/C14H22N4O/c1-4-8-15-11(3)12-7-6-9-18(12)10-13-16-14(5-2)19-17-13/h6-7,9,11,15H,4-5,8,10H2,1-3H3. The van der Waals surface area contributed by atoms with E-state index in [1.54, 1.807) is 0 Å². The summed E-state index contributed by atoms with van der Waals surface area (Å²) in [6.07, 6.45) is 3.97. The molecule has 2 aromatic rings. The van der Waals surface area contributed by atoms with E-state index < -0.39 is 0 Å². The lowest BCUT2D eigenvalue weighted by molar-refractivity contribution is 0.375. The second kappa shape index (κ2) is 6.52. The van der Waals surface area contributed by atoms with Gasteiger partial charge in [0.25, 0.3) is 0 Å². The molecule has 104 valence electrons. The maximum atomic E-state index is 5.14. The summed E-state index contributed by atoms with van der Waals surface area (Å²) in [4.78, 5) is 4.35. The first kappa shape index (κ1) is 13.8. The quantitative estimate of drug-likeness (QED) is 0.833. The van der Waals surface area contributed by atoms with Crippen molar-refractivity contribution >= 4 is 0 Å². The fraction of sp³-hybridized carbons (Fsp3) is 0.571. The zero-order valence-electron chi connectivity index (χ0n) is 11.9. The summed E-state index contributed by atoms with van der Waals surface area (Å²) in [5.41, 5.74) is 1.25. The van der Waals surface area contributed by atoms with Crippen LogP contribution in [0.25, 0.3) is 0 Å². The van der Waals surface area contributed by atoms with Crippen LogP contribution in [0, 0.1) is 0 Å². The van der Waals surface area contributed by atoms with Crippen LogP contribution in [-0.4, -0.2) is 21.3 Å². The van der Waals surface area contributed by atoms with Crippen molar-refractivity contribution in [1.82, 2.24) is 20.0 Å². The van der Waals surface area contributed by atoms with Gasteiger partial charge >= 0.3 is 0 Å². The second-order valence-corrected chi connectivity index (χ2v) is 4.69. The van der Waals surface area contributed by atoms with E-state index in [1.807, 2.05) is 6.92 Å². The highest BCUT2D eigenvalue weighted by molar-refractivity contribution is 5.12. The summed E-state index contributed by atoms with van der Waals surface area (Å²) < 4.78 is 7.30. The monoisotopic (exact) mass is 262 g/mol. The lowest BCUT2D eigenvalue weighted by Crippen LogP contribution is -2.22. The van der Waals surface area contributed by atoms with Crippen molar-refractivity contribution < 1.29 is 4.52 Å². The Morgan fingerprint density at radius 2 is 2.26 bits per heavy atom. The molecule has 5 heteroatoms. The Morgan fingerprint density at radius 1 is 1.42 bits per heavy atom. The van der Waals surface area contributed by atoms with Crippen molar-refractivity contribution in [3.8, 4) is 0 Å². The van der Waals surface area contributed by atoms with Crippen LogP contribution in [0.2, 0.25) is 0 Å². The molecule has 0 aliphatic carbocycles. The number of nitrogens with one attached hydrogen (secondary N) is 1. The molecule has 0 radical (unpaired) electrons. The minimum atomic E-state index is 0.326. The third kappa shape index (κ3) is 3.44. The molecule has 0 aliphatic heterocycles. The number of aryl methyl sites for hydroxylation is 1. The summed E-state index contributed by atoms with van der Waals surface area (Å²) in [5, 5.41) is 7.49. The van der Waals surface area contributed by atoms with Crippen LogP contribution in [0.5, 0.6) is 0 Å². The van der Waals surface area contributed by atoms with Crippen LogP contribution in [-0.2, 0) is 13.0 Å². The molecule has 2 rings (SSSR count). The SMILES string of the molecule is CCCNC(C)c1cccn1Cc1noc(CC)n1. The van der Waals surface area contributed by atoms with Crippen molar-refractivity contribution in [2.24, 2.45) is 0 Å². The van der Waals surface area contributed by atoms with E-state index in [9.17, 15) is 0 Å². The zero-order chi connectivity index (χ0) is 13.7. The molecule has 2 heterocycles. The van der Waals surface area contributed by atoms with Gasteiger partial charge in [-0.25, -0.2) is 0 Å². The Balaban J connectivity index is 2.06. The Kier molecular flexibility index (Phi) is 4.74. The maximum Gasteiger partial charge on any atom is 0.226 e. The first-order chi connectivity index (χ1) is 9.24. The Morgan fingerprint density at radius 3 is 2.95 bits per heavy atom. The molecule has 5 nitrogen and oxygen atoms in total. The summed E-state index contributed by atoms with van der Waals surface area (Å²) in [6.45, 7) is 8.03. The highest BCUT2D eigenvalue weighted by Crippen LogP contribution is 2.14. The van der Waals surface area contributed by atoms with Gasteiger partial charge in [-0.3, -0.25) is 0 Å². The Bertz CT molecular complexity index is 503. The lowest BCUT2D eigenvalue weighted by atomic mass is 10.2. The van der Waals surface area contributed by atoms with Crippen LogP contribution in [0.4, 0.5) is 0 Å². The molecule has 1 unspecified atom stereocenters. The molecule has 0 aromatic carbocycles. The zero-order valence-corrected chi connectivity index (χ0v) is 11.9. The van der Waals surface area contributed by atoms with Gasteiger partial charge in [-0.2, -0.15) is 4.98 Å². The van der Waals surface area contributed by atoms with Crippen molar-refractivity contribution in [1.29, 1.82) is 0 Å². The maximum absolute atomic E-state index is 5.14. The first-order valence-corrected chi connectivity index (χ1v) is 6.94. The van der Waals surface area contributed by atoms with E-state index in [4.69, 9.17) is 4.52 Å². The van der Waals surface area contributed by atoms with E-state index in [0.29, 0.717) is 18.5 Å². The Labute approximate surface area is 114 Å². The van der Waals surface area contributed by atoms with Crippen molar-refractivity contribution in [3.63, 3.8) is 0 Å². The van der Waals surface area contributed by atoms with E-state index >= 15 is 0 Å². The van der Waals surface area contributed by atoms with Crippen LogP contribution >= 0.6 is 0 Å². The first-order valence-electron chi connectivity index (χ1n) is 6.94. The predicted octanol–water partition coefficient (Wildman–Crippen LogP) is 2.54. The summed E-state index contributed by atoms with van der Waals surface area (Å²) in [5.74, 6) is 1.43. The summed E-state index contributed by atoms with van der Waals surface area (Å²) >= 11 is 0. The van der Waals surface area contributed by atoms with Gasteiger partial charge < -0.3 is 14.4 Å². The van der Waals surface area contributed by atoms with Crippen LogP contribution < -0.4 is 5.32 Å². The van der Waals surface area contributed by atoms with E-state index in [0.717, 1.165) is 25.2 Å². The third-order valence-corrected chi connectivity index (χ3v) is 3.13. The normalized spacial score (nSPS) is 12.8. The van der Waals surface area contributed by atoms with Gasteiger partial charge in [0, 0.05) is 24.4 Å². The minimum Gasteiger partial charge on any atom is -0.342 e. The largest absolute Gasteiger partial charge is 0.342 e. The Hall–Kier alpha value is -1.62. The highest BCUT2D eigenvalue weighted by atomic mass is 16.5. The van der Waals surface area contributed by atoms with Crippen LogP contribution in [0.1, 0.15) is 50.6 Å². The van der Waals surface area contributed by atoms with Gasteiger partial charge in [0.2, 0.25) is 5.89 Å². The lowest BCUT2D eigenvalue weighted by Gasteiger charge is -2.15. The van der Waals surface area contributed by atoms with Crippen LogP contribution in [0.3, 0.4) is 0 Å². The van der Waals surface area contributed by atoms with Gasteiger partial charge in [-0.1, -0.05) is 19.0 Å². The molecule has 2 aromatic heterocycles. The van der Waals surface area contributed by atoms with Gasteiger partial charge in [-0.15, -0.1) is 0 Å². The van der Waals surface area contributed by atoms with Crippen molar-refractivity contribution in [2.75, 3.05) is 6.54 Å². The van der Waals surface area contributed by atoms with Gasteiger partial charge in [0.15, 0.2) is 5.82 Å². The molecule has 0 amide bonds. The molecule has 19 heavy (non-hydrogen) atoms. The molecule has 1 atom stereocenters. The van der Waals surface area contributed by atoms with Gasteiger partial charge in [0.1, 0.15) is 0 Å². The third-order valence-electron chi connectivity index (χ3n) is 3.13. The smallest absolute Gasteiger partial charge is 0.226 e. The average molecular weight is 262 g/mol. The number of aromatic nitrogens is 3. The van der Waals surface area contributed by atoms with E-state index in [1.165, 1.54) is 5.69 Å². The van der Waals surface area contributed by atoms with Gasteiger partial charge in [-0.05, 0) is 32.0 Å². The van der Waals surface area contributed by atoms with E-state index in [2.05, 4.69) is 52.2 Å². The number of nitrogens with zero attached hydrogens (tertiary/aromatic N) is 3. The number of hydrogen-bond donors (Lipinski definition) is 1. The second-order valence-electron chi connectivity index (χ2n) is 4.69. The molecule has 0 fully saturated rings. The van der Waals surface area contributed by atoms with E-state index in [-0.39, 0.29) is 0 Å². The van der Waals surface area contributed by atoms with Crippen molar-refractivity contribution in [2.45, 2.75) is 46.2 Å². The number of hydrogen-bond acceptors (Lipinski definition) is 4. The number of rotatable bonds is 7. The molecular formula is C14H22N4O. The predicted molar refractivity (Wildman–Crippen MR) is 73.9 cm³/mol. The summed E-state index contributed by atoms with van der Waals surface area (Å²) in [6, 6.07) is 4.52. The molecule has 0 spiro atoms. The summed E-state index contributed by atoms with van der Waals surface area (Å²) in [7, 11) is 0. The molecule has 1 N–H and O–H groups in total. The fourth-order valence-corrected chi connectivity index (χ4v) is 2.08. The molecule has 0 saturated carbocycles. The molecule has 0 bridgehead atoms. The molecule has 0 saturated heterocycles. The van der Waals surface area contributed by atoms with Gasteiger partial charge in [0.05, 0.1) is 6.54 Å². The van der Waals surface area contributed by atoms with Crippen molar-refractivity contribution in [3.05, 3.63) is 35.7 Å². The molecular weight excluding hydrogens is 240 g/mol. The minimum absolute atomic E-state index is 0.326. The highest BCUT2D eigenvalue weighted by Gasteiger charge is 2.11. The van der Waals surface area contributed by atoms with Crippen LogP contribution in [0.15, 0.2) is 22.9 Å². The fourth-order valence-electron chi connectivity index (χ4n) is 2.08. The topological polar surface area (TPSA) is 55.9 Å².